The molecule has 1 amide bonds. The van der Waals surface area contributed by atoms with E-state index in [9.17, 15) is 27.9 Å². The minimum atomic E-state index is -4.53. The Morgan fingerprint density at radius 3 is 2.29 bits per heavy atom. The largest absolute Gasteiger partial charge is 0.480 e. The van der Waals surface area contributed by atoms with E-state index >= 15 is 0 Å². The van der Waals surface area contributed by atoms with Crippen LogP contribution in [0.5, 0.6) is 0 Å². The monoisotopic (exact) mass is 578 g/mol. The van der Waals surface area contributed by atoms with E-state index in [0.717, 1.165) is 17.7 Å². The number of carbonyl (C=O) groups is 2. The number of carboxylic acids is 1. The lowest BCUT2D eigenvalue weighted by Crippen LogP contribution is -2.42. The lowest BCUT2D eigenvalue weighted by Gasteiger charge is -2.13. The Morgan fingerprint density at radius 1 is 0.927 bits per heavy atom. The molecule has 0 saturated carbocycles. The number of thioether (sulfide) groups is 1. The summed E-state index contributed by atoms with van der Waals surface area (Å²) in [4.78, 5) is 38.4. The second kappa shape index (κ2) is 11.8. The van der Waals surface area contributed by atoms with Gasteiger partial charge in [-0.1, -0.05) is 42.5 Å². The highest BCUT2D eigenvalue weighted by Crippen LogP contribution is 2.33. The van der Waals surface area contributed by atoms with Crippen LogP contribution in [-0.4, -0.2) is 43.7 Å². The first kappa shape index (κ1) is 27.8. The van der Waals surface area contributed by atoms with Crippen molar-refractivity contribution in [3.05, 3.63) is 102 Å². The number of amides is 1. The highest BCUT2D eigenvalue weighted by atomic mass is 32.2. The second-order valence-electron chi connectivity index (χ2n) is 8.88. The van der Waals surface area contributed by atoms with Crippen LogP contribution in [0.1, 0.15) is 21.6 Å². The topological polar surface area (TPSA) is 118 Å². The van der Waals surface area contributed by atoms with Gasteiger partial charge >= 0.3 is 12.1 Å². The van der Waals surface area contributed by atoms with Crippen molar-refractivity contribution in [2.24, 2.45) is 0 Å². The summed E-state index contributed by atoms with van der Waals surface area (Å²) in [5.74, 6) is -1.71. The van der Waals surface area contributed by atoms with Gasteiger partial charge in [0.25, 0.3) is 5.91 Å². The molecule has 0 fully saturated rings. The van der Waals surface area contributed by atoms with Gasteiger partial charge in [-0.3, -0.25) is 9.78 Å². The van der Waals surface area contributed by atoms with E-state index in [1.165, 1.54) is 30.1 Å². The highest BCUT2D eigenvalue weighted by Gasteiger charge is 2.31. The lowest BCUT2D eigenvalue weighted by molar-refractivity contribution is -0.139. The molecule has 0 spiro atoms. The van der Waals surface area contributed by atoms with E-state index < -0.39 is 29.7 Å². The third-order valence-corrected chi connectivity index (χ3v) is 7.09. The Hall–Kier alpha value is -4.71. The smallest absolute Gasteiger partial charge is 0.416 e. The van der Waals surface area contributed by atoms with Gasteiger partial charge in [0, 0.05) is 17.1 Å². The SMILES string of the molecule is O=C(N[C@@H](CSCc1ccccc1)C(=O)O)c1nc(-c2ccc(C(F)(F)F)cc2)oc1-c1cnc2ccccc2n1. The normalized spacial score (nSPS) is 12.3. The van der Waals surface area contributed by atoms with Crippen molar-refractivity contribution in [2.45, 2.75) is 18.0 Å². The van der Waals surface area contributed by atoms with Gasteiger partial charge in [-0.15, -0.1) is 0 Å². The summed E-state index contributed by atoms with van der Waals surface area (Å²) < 4.78 is 45.0. The molecular formula is C29H21F3N4O4S. The fourth-order valence-corrected chi connectivity index (χ4v) is 4.92. The summed E-state index contributed by atoms with van der Waals surface area (Å²) in [5.41, 5.74) is 1.29. The molecule has 0 bridgehead atoms. The summed E-state index contributed by atoms with van der Waals surface area (Å²) >= 11 is 1.33. The molecule has 2 heterocycles. The van der Waals surface area contributed by atoms with Gasteiger partial charge < -0.3 is 14.8 Å². The van der Waals surface area contributed by atoms with E-state index in [1.807, 2.05) is 30.3 Å². The van der Waals surface area contributed by atoms with Gasteiger partial charge in [0.2, 0.25) is 5.89 Å². The molecule has 2 aromatic heterocycles. The number of hydrogen-bond donors (Lipinski definition) is 2. The minimum absolute atomic E-state index is 0.0741. The van der Waals surface area contributed by atoms with Crippen molar-refractivity contribution in [2.75, 3.05) is 5.75 Å². The van der Waals surface area contributed by atoms with E-state index in [2.05, 4.69) is 20.3 Å². The van der Waals surface area contributed by atoms with Crippen molar-refractivity contribution >= 4 is 34.7 Å². The number of oxazole rings is 1. The molecule has 3 aromatic carbocycles. The molecule has 208 valence electrons. The van der Waals surface area contributed by atoms with Crippen molar-refractivity contribution < 1.29 is 32.3 Å². The molecule has 5 rings (SSSR count). The minimum Gasteiger partial charge on any atom is -0.480 e. The number of nitrogens with one attached hydrogen (secondary N) is 1. The van der Waals surface area contributed by atoms with Crippen LogP contribution >= 0.6 is 11.8 Å². The standard InChI is InChI=1S/C29H21F3N4O4S/c30-29(31,32)19-12-10-18(11-13-19)27-36-24(25(40-27)22-14-33-20-8-4-5-9-21(20)34-22)26(37)35-23(28(38)39)16-41-15-17-6-2-1-3-7-17/h1-14,23H,15-16H2,(H,35,37)(H,38,39)/t23-/m0/s1. The van der Waals surface area contributed by atoms with Crippen LogP contribution in [0, 0.1) is 0 Å². The number of aliphatic carboxylic acids is 1. The molecule has 2 N–H and O–H groups in total. The van der Waals surface area contributed by atoms with Crippen molar-refractivity contribution in [1.29, 1.82) is 0 Å². The molecular weight excluding hydrogens is 557 g/mol. The molecule has 1 atom stereocenters. The van der Waals surface area contributed by atoms with Gasteiger partial charge in [0.1, 0.15) is 11.7 Å². The molecule has 0 aliphatic carbocycles. The Labute approximate surface area is 235 Å². The summed E-state index contributed by atoms with van der Waals surface area (Å²) in [6, 6.07) is 19.3. The maximum Gasteiger partial charge on any atom is 0.416 e. The molecule has 41 heavy (non-hydrogen) atoms. The first-order valence-corrected chi connectivity index (χ1v) is 13.4. The second-order valence-corrected chi connectivity index (χ2v) is 9.91. The van der Waals surface area contributed by atoms with Crippen LogP contribution in [0.2, 0.25) is 0 Å². The molecule has 8 nitrogen and oxygen atoms in total. The van der Waals surface area contributed by atoms with Crippen molar-refractivity contribution in [1.82, 2.24) is 20.3 Å². The van der Waals surface area contributed by atoms with Gasteiger partial charge in [-0.2, -0.15) is 24.9 Å². The van der Waals surface area contributed by atoms with Crippen molar-refractivity contribution in [3.8, 4) is 22.9 Å². The average molecular weight is 579 g/mol. The zero-order chi connectivity index (χ0) is 29.0. The third kappa shape index (κ3) is 6.55. The van der Waals surface area contributed by atoms with E-state index in [4.69, 9.17) is 4.42 Å². The van der Waals surface area contributed by atoms with Crippen LogP contribution in [-0.2, 0) is 16.7 Å². The molecule has 5 aromatic rings. The number of nitrogens with zero attached hydrogens (tertiary/aromatic N) is 3. The number of rotatable bonds is 9. The number of alkyl halides is 3. The molecule has 0 aliphatic rings. The van der Waals surface area contributed by atoms with Gasteiger partial charge in [-0.25, -0.2) is 14.8 Å². The Balaban J connectivity index is 1.46. The first-order chi connectivity index (χ1) is 19.7. The van der Waals surface area contributed by atoms with Gasteiger partial charge in [-0.05, 0) is 42.0 Å². The lowest BCUT2D eigenvalue weighted by atomic mass is 10.1. The summed E-state index contributed by atoms with van der Waals surface area (Å²) in [6.45, 7) is 0. The quantitative estimate of drug-likeness (QED) is 0.216. The Morgan fingerprint density at radius 2 is 1.61 bits per heavy atom. The predicted octanol–water partition coefficient (Wildman–Crippen LogP) is 6.09. The van der Waals surface area contributed by atoms with Gasteiger partial charge in [0.05, 0.1) is 22.8 Å². The maximum atomic E-state index is 13.4. The number of fused-ring (bicyclic) bond motifs is 1. The number of benzene rings is 3. The van der Waals surface area contributed by atoms with Crippen molar-refractivity contribution in [3.63, 3.8) is 0 Å². The Kier molecular flexibility index (Phi) is 8.02. The number of hydrogen-bond acceptors (Lipinski definition) is 7. The average Bonchev–Trinajstić information content (AvgIpc) is 3.42. The molecule has 12 heteroatoms. The number of para-hydroxylation sites is 2. The first-order valence-electron chi connectivity index (χ1n) is 12.2. The van der Waals surface area contributed by atoms with Crippen LogP contribution in [0.3, 0.4) is 0 Å². The van der Waals surface area contributed by atoms with Crippen LogP contribution in [0.4, 0.5) is 13.2 Å². The highest BCUT2D eigenvalue weighted by molar-refractivity contribution is 7.98. The fraction of sp³-hybridized carbons (Fsp3) is 0.138. The van der Waals surface area contributed by atoms with E-state index in [1.54, 1.807) is 24.3 Å². The Bertz CT molecular complexity index is 1690. The number of carbonyl (C=O) groups excluding carboxylic acids is 1. The molecule has 0 saturated heterocycles. The molecule has 0 unspecified atom stereocenters. The fourth-order valence-electron chi connectivity index (χ4n) is 3.91. The van der Waals surface area contributed by atoms with Crippen LogP contribution in [0.15, 0.2) is 89.5 Å². The summed E-state index contributed by atoms with van der Waals surface area (Å²) in [7, 11) is 0. The zero-order valence-corrected chi connectivity index (χ0v) is 21.9. The molecule has 0 radical (unpaired) electrons. The number of halogens is 3. The molecule has 0 aliphatic heterocycles. The zero-order valence-electron chi connectivity index (χ0n) is 21.1. The maximum absolute atomic E-state index is 13.4. The summed E-state index contributed by atoms with van der Waals surface area (Å²) in [6.07, 6.45) is -3.16. The van der Waals surface area contributed by atoms with E-state index in [0.29, 0.717) is 16.8 Å². The number of carboxylic acid groups (broad SMARTS) is 1. The predicted molar refractivity (Wildman–Crippen MR) is 147 cm³/mol. The summed E-state index contributed by atoms with van der Waals surface area (Å²) in [5, 5.41) is 12.2. The van der Waals surface area contributed by atoms with Crippen LogP contribution < -0.4 is 5.32 Å². The van der Waals surface area contributed by atoms with E-state index in [-0.39, 0.29) is 34.4 Å². The van der Waals surface area contributed by atoms with Gasteiger partial charge in [0.15, 0.2) is 11.5 Å². The number of aromatic nitrogens is 3. The third-order valence-electron chi connectivity index (χ3n) is 5.98. The van der Waals surface area contributed by atoms with Crippen LogP contribution in [0.25, 0.3) is 33.9 Å².